The summed E-state index contributed by atoms with van der Waals surface area (Å²) in [4.78, 5) is 14.0. The van der Waals surface area contributed by atoms with Crippen LogP contribution in [0.2, 0.25) is 10.0 Å². The van der Waals surface area contributed by atoms with Gasteiger partial charge in [0.2, 0.25) is 0 Å². The lowest BCUT2D eigenvalue weighted by Gasteiger charge is -2.14. The SMILES string of the molecule is COc1cc(NC(=O)c2ccc(OC)c(CSc3ccc(Cl)cc3)c2)c(OC)cc1Cl. The Morgan fingerprint density at radius 1 is 0.871 bits per heavy atom. The molecule has 0 saturated heterocycles. The molecule has 162 valence electrons. The van der Waals surface area contributed by atoms with Gasteiger partial charge in [-0.2, -0.15) is 0 Å². The van der Waals surface area contributed by atoms with E-state index in [1.165, 1.54) is 14.2 Å². The Balaban J connectivity index is 1.81. The van der Waals surface area contributed by atoms with Gasteiger partial charge in [-0.15, -0.1) is 11.8 Å². The van der Waals surface area contributed by atoms with Crippen LogP contribution in [0.3, 0.4) is 0 Å². The topological polar surface area (TPSA) is 56.8 Å². The molecule has 1 N–H and O–H groups in total. The Morgan fingerprint density at radius 2 is 1.55 bits per heavy atom. The van der Waals surface area contributed by atoms with Gasteiger partial charge in [0.1, 0.15) is 17.2 Å². The third-order valence-electron chi connectivity index (χ3n) is 4.47. The lowest BCUT2D eigenvalue weighted by atomic mass is 10.1. The minimum atomic E-state index is -0.289. The molecule has 0 aliphatic carbocycles. The average Bonchev–Trinajstić information content (AvgIpc) is 2.79. The van der Waals surface area contributed by atoms with Crippen LogP contribution in [0.5, 0.6) is 17.2 Å². The number of rotatable bonds is 8. The van der Waals surface area contributed by atoms with Crippen molar-refractivity contribution in [2.75, 3.05) is 26.6 Å². The number of halogens is 2. The Bertz CT molecular complexity index is 1070. The number of hydrogen-bond donors (Lipinski definition) is 1. The van der Waals surface area contributed by atoms with E-state index in [0.29, 0.717) is 44.3 Å². The monoisotopic (exact) mass is 477 g/mol. The van der Waals surface area contributed by atoms with E-state index < -0.39 is 0 Å². The van der Waals surface area contributed by atoms with Crippen LogP contribution < -0.4 is 19.5 Å². The third kappa shape index (κ3) is 5.79. The summed E-state index contributed by atoms with van der Waals surface area (Å²) in [6, 6.07) is 16.1. The first-order valence-corrected chi connectivity index (χ1v) is 11.0. The van der Waals surface area contributed by atoms with E-state index in [2.05, 4.69) is 5.32 Å². The van der Waals surface area contributed by atoms with Gasteiger partial charge in [-0.25, -0.2) is 0 Å². The predicted octanol–water partition coefficient (Wildman–Crippen LogP) is 6.56. The normalized spacial score (nSPS) is 10.5. The zero-order chi connectivity index (χ0) is 22.4. The van der Waals surface area contributed by atoms with Gasteiger partial charge in [0.15, 0.2) is 0 Å². The van der Waals surface area contributed by atoms with Crippen LogP contribution in [0.25, 0.3) is 0 Å². The van der Waals surface area contributed by atoms with Crippen LogP contribution in [0.1, 0.15) is 15.9 Å². The average molecular weight is 478 g/mol. The Morgan fingerprint density at radius 3 is 2.19 bits per heavy atom. The highest BCUT2D eigenvalue weighted by Crippen LogP contribution is 2.36. The van der Waals surface area contributed by atoms with Gasteiger partial charge >= 0.3 is 0 Å². The van der Waals surface area contributed by atoms with E-state index in [1.54, 1.807) is 43.1 Å². The van der Waals surface area contributed by atoms with Crippen molar-refractivity contribution >= 4 is 46.6 Å². The van der Waals surface area contributed by atoms with Crippen LogP contribution in [0.4, 0.5) is 5.69 Å². The molecule has 0 bridgehead atoms. The van der Waals surface area contributed by atoms with Crippen molar-refractivity contribution in [3.63, 3.8) is 0 Å². The van der Waals surface area contributed by atoms with E-state index in [0.717, 1.165) is 10.5 Å². The second-order valence-corrected chi connectivity index (χ2v) is 8.30. The fraction of sp³-hybridized carbons (Fsp3) is 0.174. The summed E-state index contributed by atoms with van der Waals surface area (Å²) in [5.74, 6) is 1.93. The maximum Gasteiger partial charge on any atom is 0.255 e. The van der Waals surface area contributed by atoms with E-state index in [1.807, 2.05) is 30.3 Å². The van der Waals surface area contributed by atoms with Gasteiger partial charge in [-0.3, -0.25) is 4.79 Å². The van der Waals surface area contributed by atoms with E-state index in [9.17, 15) is 4.79 Å². The summed E-state index contributed by atoms with van der Waals surface area (Å²) in [6.07, 6.45) is 0. The van der Waals surface area contributed by atoms with Crippen LogP contribution >= 0.6 is 35.0 Å². The number of thioether (sulfide) groups is 1. The van der Waals surface area contributed by atoms with Gasteiger partial charge in [-0.05, 0) is 42.5 Å². The molecule has 31 heavy (non-hydrogen) atoms. The molecule has 3 aromatic carbocycles. The minimum absolute atomic E-state index is 0.289. The first-order chi connectivity index (χ1) is 14.9. The quantitative estimate of drug-likeness (QED) is 0.372. The van der Waals surface area contributed by atoms with Crippen LogP contribution in [0, 0.1) is 0 Å². The summed E-state index contributed by atoms with van der Waals surface area (Å²) in [6.45, 7) is 0. The molecule has 3 aromatic rings. The molecular formula is C23H21Cl2NO4S. The zero-order valence-corrected chi connectivity index (χ0v) is 19.5. The highest BCUT2D eigenvalue weighted by atomic mass is 35.5. The number of carbonyl (C=O) groups excluding carboxylic acids is 1. The maximum atomic E-state index is 12.9. The van der Waals surface area contributed by atoms with Crippen molar-refractivity contribution < 1.29 is 19.0 Å². The standard InChI is InChI=1S/C23H21Cl2NO4S/c1-28-20-9-4-14(10-15(20)13-31-17-7-5-16(24)6-8-17)23(27)26-19-12-21(29-2)18(25)11-22(19)30-3/h4-12H,13H2,1-3H3,(H,26,27). The minimum Gasteiger partial charge on any atom is -0.496 e. The van der Waals surface area contributed by atoms with Crippen molar-refractivity contribution in [2.24, 2.45) is 0 Å². The molecule has 0 spiro atoms. The number of carbonyl (C=O) groups is 1. The van der Waals surface area contributed by atoms with Crippen LogP contribution in [-0.4, -0.2) is 27.2 Å². The first-order valence-electron chi connectivity index (χ1n) is 9.23. The molecule has 0 aromatic heterocycles. The molecule has 0 atom stereocenters. The van der Waals surface area contributed by atoms with Gasteiger partial charge in [0, 0.05) is 38.9 Å². The molecule has 0 aliphatic heterocycles. The summed E-state index contributed by atoms with van der Waals surface area (Å²) in [5.41, 5.74) is 1.85. The van der Waals surface area contributed by atoms with Gasteiger partial charge in [-0.1, -0.05) is 23.2 Å². The highest BCUT2D eigenvalue weighted by Gasteiger charge is 2.15. The Hall–Kier alpha value is -2.54. The fourth-order valence-electron chi connectivity index (χ4n) is 2.88. The number of amides is 1. The fourth-order valence-corrected chi connectivity index (χ4v) is 4.11. The number of hydrogen-bond acceptors (Lipinski definition) is 5. The van der Waals surface area contributed by atoms with Crippen molar-refractivity contribution in [2.45, 2.75) is 10.6 Å². The summed E-state index contributed by atoms with van der Waals surface area (Å²) in [5, 5.41) is 3.94. The molecule has 1 amide bonds. The Kier molecular flexibility index (Phi) is 7.96. The maximum absolute atomic E-state index is 12.9. The van der Waals surface area contributed by atoms with E-state index >= 15 is 0 Å². The lowest BCUT2D eigenvalue weighted by molar-refractivity contribution is 0.102. The van der Waals surface area contributed by atoms with Crippen LogP contribution in [0.15, 0.2) is 59.5 Å². The molecule has 5 nitrogen and oxygen atoms in total. The molecule has 0 unspecified atom stereocenters. The molecule has 0 aliphatic rings. The zero-order valence-electron chi connectivity index (χ0n) is 17.2. The number of anilines is 1. The van der Waals surface area contributed by atoms with Gasteiger partial charge in [0.25, 0.3) is 5.91 Å². The summed E-state index contributed by atoms with van der Waals surface area (Å²) < 4.78 is 16.0. The number of methoxy groups -OCH3 is 3. The van der Waals surface area contributed by atoms with Crippen molar-refractivity contribution in [3.8, 4) is 17.2 Å². The van der Waals surface area contributed by atoms with Crippen molar-refractivity contribution in [3.05, 3.63) is 75.8 Å². The second kappa shape index (κ2) is 10.7. The van der Waals surface area contributed by atoms with E-state index in [-0.39, 0.29) is 5.91 Å². The summed E-state index contributed by atoms with van der Waals surface area (Å²) in [7, 11) is 4.62. The molecule has 0 heterocycles. The van der Waals surface area contributed by atoms with Crippen LogP contribution in [-0.2, 0) is 5.75 Å². The summed E-state index contributed by atoms with van der Waals surface area (Å²) >= 11 is 13.7. The van der Waals surface area contributed by atoms with Gasteiger partial charge in [0.05, 0.1) is 32.0 Å². The first kappa shape index (κ1) is 23.1. The molecule has 8 heteroatoms. The third-order valence-corrected chi connectivity index (χ3v) is 6.08. The van der Waals surface area contributed by atoms with Crippen molar-refractivity contribution in [1.82, 2.24) is 0 Å². The van der Waals surface area contributed by atoms with E-state index in [4.69, 9.17) is 37.4 Å². The number of benzene rings is 3. The lowest BCUT2D eigenvalue weighted by Crippen LogP contribution is -2.13. The largest absolute Gasteiger partial charge is 0.496 e. The second-order valence-electron chi connectivity index (χ2n) is 6.41. The smallest absolute Gasteiger partial charge is 0.255 e. The number of nitrogens with one attached hydrogen (secondary N) is 1. The van der Waals surface area contributed by atoms with Gasteiger partial charge < -0.3 is 19.5 Å². The molecule has 3 rings (SSSR count). The Labute approximate surface area is 195 Å². The molecule has 0 radical (unpaired) electrons. The molecule has 0 saturated carbocycles. The molecular weight excluding hydrogens is 457 g/mol. The molecule has 0 fully saturated rings. The van der Waals surface area contributed by atoms with Crippen molar-refractivity contribution in [1.29, 1.82) is 0 Å². The highest BCUT2D eigenvalue weighted by molar-refractivity contribution is 7.98. The predicted molar refractivity (Wildman–Crippen MR) is 127 cm³/mol. The number of ether oxygens (including phenoxy) is 3.